The summed E-state index contributed by atoms with van der Waals surface area (Å²) < 4.78 is 14.0. The predicted octanol–water partition coefficient (Wildman–Crippen LogP) is -1.20. The molecule has 0 saturated heterocycles. The number of carbonyl (C=O) groups is 1. The molecule has 0 heterocycles. The van der Waals surface area contributed by atoms with Gasteiger partial charge in [0.15, 0.2) is 5.78 Å². The van der Waals surface area contributed by atoms with Gasteiger partial charge in [0, 0.05) is 0 Å². The molecule has 14 heavy (non-hydrogen) atoms. The first-order valence-electron chi connectivity index (χ1n) is 3.87. The second kappa shape index (κ2) is 5.55. The Labute approximate surface area is 80.6 Å². The standard InChI is InChI=1S/C6H13O7P/c1-2-4(7)6(9)5(8)3-13-14(10,11)12/h4,6-7,9H,2-3H2,1H3,(H2,10,11,12)/t4-,6+/m0/s1. The van der Waals surface area contributed by atoms with Crippen LogP contribution in [0.2, 0.25) is 0 Å². The van der Waals surface area contributed by atoms with E-state index >= 15 is 0 Å². The number of carbonyl (C=O) groups excluding carboxylic acids is 1. The van der Waals surface area contributed by atoms with Crippen molar-refractivity contribution in [3.8, 4) is 0 Å². The summed E-state index contributed by atoms with van der Waals surface area (Å²) in [5.41, 5.74) is 0. The van der Waals surface area contributed by atoms with Gasteiger partial charge in [-0.15, -0.1) is 0 Å². The van der Waals surface area contributed by atoms with Crippen LogP contribution in [0.25, 0.3) is 0 Å². The molecule has 0 radical (unpaired) electrons. The Balaban J connectivity index is 4.03. The van der Waals surface area contributed by atoms with Crippen molar-refractivity contribution in [3.05, 3.63) is 0 Å². The summed E-state index contributed by atoms with van der Waals surface area (Å²) in [4.78, 5) is 27.4. The maximum Gasteiger partial charge on any atom is 0.470 e. The number of phosphoric acid groups is 1. The number of rotatable bonds is 6. The van der Waals surface area contributed by atoms with Gasteiger partial charge in [-0.2, -0.15) is 0 Å². The zero-order valence-corrected chi connectivity index (χ0v) is 8.42. The van der Waals surface area contributed by atoms with Crippen LogP contribution < -0.4 is 0 Å². The molecule has 0 aromatic heterocycles. The molecule has 0 saturated carbocycles. The van der Waals surface area contributed by atoms with Crippen molar-refractivity contribution in [2.24, 2.45) is 0 Å². The Kier molecular flexibility index (Phi) is 5.43. The molecule has 84 valence electrons. The van der Waals surface area contributed by atoms with E-state index in [1.165, 1.54) is 0 Å². The highest BCUT2D eigenvalue weighted by molar-refractivity contribution is 7.46. The Hall–Kier alpha value is -0.300. The molecule has 4 N–H and O–H groups in total. The second-order valence-corrected chi connectivity index (χ2v) is 3.89. The molecule has 0 amide bonds. The molecule has 0 aromatic rings. The van der Waals surface area contributed by atoms with Crippen LogP contribution in [0.1, 0.15) is 13.3 Å². The van der Waals surface area contributed by atoms with E-state index in [-0.39, 0.29) is 6.42 Å². The van der Waals surface area contributed by atoms with Crippen LogP contribution in [0.15, 0.2) is 0 Å². The molecule has 7 nitrogen and oxygen atoms in total. The molecule has 0 aliphatic heterocycles. The third kappa shape index (κ3) is 5.43. The first kappa shape index (κ1) is 13.7. The summed E-state index contributed by atoms with van der Waals surface area (Å²) in [6.07, 6.45) is -2.77. The summed E-state index contributed by atoms with van der Waals surface area (Å²) in [6.45, 7) is 0.619. The Morgan fingerprint density at radius 3 is 2.29 bits per heavy atom. The molecular weight excluding hydrogens is 215 g/mol. The lowest BCUT2D eigenvalue weighted by molar-refractivity contribution is -0.135. The van der Waals surface area contributed by atoms with E-state index in [4.69, 9.17) is 20.0 Å². The van der Waals surface area contributed by atoms with Gasteiger partial charge >= 0.3 is 7.82 Å². The van der Waals surface area contributed by atoms with Crippen LogP contribution in [-0.2, 0) is 13.9 Å². The fraction of sp³-hybridized carbons (Fsp3) is 0.833. The van der Waals surface area contributed by atoms with Crippen LogP contribution in [-0.4, -0.2) is 44.6 Å². The maximum atomic E-state index is 10.9. The predicted molar refractivity (Wildman–Crippen MR) is 45.3 cm³/mol. The Morgan fingerprint density at radius 1 is 1.43 bits per heavy atom. The quantitative estimate of drug-likeness (QED) is 0.420. The third-order valence-electron chi connectivity index (χ3n) is 1.49. The monoisotopic (exact) mass is 228 g/mol. The van der Waals surface area contributed by atoms with Crippen molar-refractivity contribution in [1.82, 2.24) is 0 Å². The number of phosphoric ester groups is 1. The van der Waals surface area contributed by atoms with Gasteiger partial charge in [0.05, 0.1) is 6.10 Å². The second-order valence-electron chi connectivity index (χ2n) is 2.65. The molecule has 0 fully saturated rings. The minimum Gasteiger partial charge on any atom is -0.390 e. The van der Waals surface area contributed by atoms with Crippen LogP contribution in [0, 0.1) is 0 Å². The molecule has 0 aliphatic carbocycles. The van der Waals surface area contributed by atoms with E-state index in [0.717, 1.165) is 0 Å². The fourth-order valence-electron chi connectivity index (χ4n) is 0.671. The van der Waals surface area contributed by atoms with Crippen LogP contribution in [0.3, 0.4) is 0 Å². The van der Waals surface area contributed by atoms with E-state index in [1.54, 1.807) is 6.92 Å². The average molecular weight is 228 g/mol. The van der Waals surface area contributed by atoms with Crippen molar-refractivity contribution in [2.75, 3.05) is 6.61 Å². The number of ketones is 1. The summed E-state index contributed by atoms with van der Waals surface area (Å²) in [5.74, 6) is -0.970. The zero-order valence-electron chi connectivity index (χ0n) is 7.53. The lowest BCUT2D eigenvalue weighted by Gasteiger charge is -2.14. The van der Waals surface area contributed by atoms with Crippen molar-refractivity contribution in [3.63, 3.8) is 0 Å². The molecule has 0 spiro atoms. The molecule has 8 heteroatoms. The zero-order chi connectivity index (χ0) is 11.4. The molecule has 0 rings (SSSR count). The highest BCUT2D eigenvalue weighted by Gasteiger charge is 2.25. The molecular formula is C6H13O7P. The highest BCUT2D eigenvalue weighted by Crippen LogP contribution is 2.35. The molecule has 0 bridgehead atoms. The topological polar surface area (TPSA) is 124 Å². The van der Waals surface area contributed by atoms with E-state index in [0.29, 0.717) is 0 Å². The van der Waals surface area contributed by atoms with Crippen molar-refractivity contribution >= 4 is 13.6 Å². The SMILES string of the molecule is CC[C@H](O)[C@@H](O)C(=O)COP(=O)(O)O. The molecule has 0 aliphatic rings. The molecule has 0 unspecified atom stereocenters. The van der Waals surface area contributed by atoms with E-state index < -0.39 is 32.4 Å². The third-order valence-corrected chi connectivity index (χ3v) is 1.95. The van der Waals surface area contributed by atoms with Gasteiger partial charge < -0.3 is 20.0 Å². The van der Waals surface area contributed by atoms with Gasteiger partial charge in [-0.25, -0.2) is 4.57 Å². The minimum absolute atomic E-state index is 0.156. The van der Waals surface area contributed by atoms with Gasteiger partial charge in [-0.05, 0) is 6.42 Å². The number of aliphatic hydroxyl groups excluding tert-OH is 2. The van der Waals surface area contributed by atoms with Crippen molar-refractivity contribution in [2.45, 2.75) is 25.6 Å². The normalized spacial score (nSPS) is 16.4. The van der Waals surface area contributed by atoms with Gasteiger partial charge in [0.1, 0.15) is 12.7 Å². The lowest BCUT2D eigenvalue weighted by atomic mass is 10.1. The number of aliphatic hydroxyl groups is 2. The first-order valence-corrected chi connectivity index (χ1v) is 5.40. The van der Waals surface area contributed by atoms with E-state index in [1.807, 2.05) is 0 Å². The smallest absolute Gasteiger partial charge is 0.390 e. The minimum atomic E-state index is -4.71. The summed E-state index contributed by atoms with van der Waals surface area (Å²) in [6, 6.07) is 0. The van der Waals surface area contributed by atoms with Crippen LogP contribution >= 0.6 is 7.82 Å². The fourth-order valence-corrected chi connectivity index (χ4v) is 0.966. The lowest BCUT2D eigenvalue weighted by Crippen LogP contribution is -2.35. The highest BCUT2D eigenvalue weighted by atomic mass is 31.2. The number of Topliss-reactive ketones (excluding diaryl/α,β-unsaturated/α-hetero) is 1. The molecule has 2 atom stereocenters. The van der Waals surface area contributed by atoms with Gasteiger partial charge in [0.2, 0.25) is 0 Å². The van der Waals surface area contributed by atoms with Gasteiger partial charge in [0.25, 0.3) is 0 Å². The number of hydrogen-bond donors (Lipinski definition) is 4. The summed E-state index contributed by atoms with van der Waals surface area (Å²) >= 11 is 0. The van der Waals surface area contributed by atoms with Gasteiger partial charge in [-0.1, -0.05) is 6.92 Å². The summed E-state index contributed by atoms with van der Waals surface area (Å²) in [5, 5.41) is 18.1. The Morgan fingerprint density at radius 2 is 1.93 bits per heavy atom. The average Bonchev–Trinajstić information content (AvgIpc) is 2.10. The molecule has 0 aromatic carbocycles. The Bertz CT molecular complexity index is 234. The van der Waals surface area contributed by atoms with E-state index in [2.05, 4.69) is 4.52 Å². The summed E-state index contributed by atoms with van der Waals surface area (Å²) in [7, 11) is -4.71. The number of hydrogen-bond acceptors (Lipinski definition) is 5. The van der Waals surface area contributed by atoms with Crippen molar-refractivity contribution < 1.29 is 33.9 Å². The largest absolute Gasteiger partial charge is 0.470 e. The maximum absolute atomic E-state index is 10.9. The van der Waals surface area contributed by atoms with Crippen molar-refractivity contribution in [1.29, 1.82) is 0 Å². The van der Waals surface area contributed by atoms with Crippen LogP contribution in [0.4, 0.5) is 0 Å². The van der Waals surface area contributed by atoms with E-state index in [9.17, 15) is 9.36 Å². The van der Waals surface area contributed by atoms with Gasteiger partial charge in [-0.3, -0.25) is 9.32 Å². The van der Waals surface area contributed by atoms with Crippen LogP contribution in [0.5, 0.6) is 0 Å². The first-order chi connectivity index (χ1) is 6.28.